The van der Waals surface area contributed by atoms with E-state index in [4.69, 9.17) is 10.0 Å². The Morgan fingerprint density at radius 2 is 0.739 bits per heavy atom. The zero-order valence-corrected chi connectivity index (χ0v) is 21.9. The quantitative estimate of drug-likeness (QED) is 0.212. The Hall–Kier alpha value is 1.38. The molecule has 0 rings (SSSR count). The van der Waals surface area contributed by atoms with E-state index < -0.39 is 27.8 Å². The van der Waals surface area contributed by atoms with Crippen LogP contribution in [0, 0.1) is 0 Å². The standard InChI is InChI=1S/C12H27Ge.C8H18ClGe/c1-4-7-10-13(11-8-5-2)12-9-6-3;1-3-5-7-10(9)8-6-4-2/h4-12H2,1-3H3;3-8H2,1-2H3. The van der Waals surface area contributed by atoms with Gasteiger partial charge < -0.3 is 0 Å². The second-order valence-corrected chi connectivity index (χ2v) is 20.1. The minimum atomic E-state index is -1.01. The fourth-order valence-electron chi connectivity index (χ4n) is 2.52. The first-order valence-corrected chi connectivity index (χ1v) is 20.7. The summed E-state index contributed by atoms with van der Waals surface area (Å²) in [5.41, 5.74) is 0. The molecule has 3 heteroatoms. The topological polar surface area (TPSA) is 0 Å². The second kappa shape index (κ2) is 23.4. The molecule has 0 N–H and O–H groups in total. The van der Waals surface area contributed by atoms with Crippen molar-refractivity contribution < 1.29 is 0 Å². The Kier molecular flexibility index (Phi) is 27.0. The van der Waals surface area contributed by atoms with E-state index in [9.17, 15) is 0 Å². The third-order valence-electron chi connectivity index (χ3n) is 4.25. The van der Waals surface area contributed by atoms with Gasteiger partial charge in [0.05, 0.1) is 0 Å². The molecule has 0 aromatic carbocycles. The van der Waals surface area contributed by atoms with Crippen molar-refractivity contribution in [3.63, 3.8) is 0 Å². The summed E-state index contributed by atoms with van der Waals surface area (Å²) in [7, 11) is 6.21. The van der Waals surface area contributed by atoms with Crippen LogP contribution in [0.2, 0.25) is 26.3 Å². The predicted octanol–water partition coefficient (Wildman–Crippen LogP) is 8.70. The van der Waals surface area contributed by atoms with E-state index in [1.54, 1.807) is 15.8 Å². The number of hydrogen-bond acceptors (Lipinski definition) is 0. The van der Waals surface area contributed by atoms with Gasteiger partial charge in [0, 0.05) is 0 Å². The zero-order valence-electron chi connectivity index (χ0n) is 17.0. The van der Waals surface area contributed by atoms with E-state index in [1.807, 2.05) is 0 Å². The van der Waals surface area contributed by atoms with E-state index >= 15 is 0 Å². The molecular formula is C20H45ClGe2. The van der Waals surface area contributed by atoms with E-state index in [2.05, 4.69) is 34.6 Å². The van der Waals surface area contributed by atoms with Crippen LogP contribution in [0.3, 0.4) is 0 Å². The Balaban J connectivity index is 0. The molecule has 0 aromatic rings. The molecule has 0 fully saturated rings. The molecule has 0 heterocycles. The average Bonchev–Trinajstić information content (AvgIpc) is 2.58. The summed E-state index contributed by atoms with van der Waals surface area (Å²) in [6, 6.07) is 0. The maximum absolute atomic E-state index is 6.21. The normalized spacial score (nSPS) is 11.0. The molecule has 0 aliphatic carbocycles. The van der Waals surface area contributed by atoms with Crippen LogP contribution >= 0.6 is 10.0 Å². The first-order valence-electron chi connectivity index (χ1n) is 10.5. The third-order valence-corrected chi connectivity index (χ3v) is 16.7. The van der Waals surface area contributed by atoms with Crippen molar-refractivity contribution >= 4 is 37.8 Å². The summed E-state index contributed by atoms with van der Waals surface area (Å²) in [5.74, 6) is 0. The third kappa shape index (κ3) is 23.4. The average molecular weight is 466 g/mol. The summed E-state index contributed by atoms with van der Waals surface area (Å²) >= 11 is -1.56. The van der Waals surface area contributed by atoms with Crippen molar-refractivity contribution in [3.8, 4) is 0 Å². The van der Waals surface area contributed by atoms with Crippen molar-refractivity contribution in [1.29, 1.82) is 0 Å². The molecule has 0 unspecified atom stereocenters. The molecule has 0 nitrogen and oxygen atoms in total. The van der Waals surface area contributed by atoms with Crippen LogP contribution in [-0.2, 0) is 0 Å². The Morgan fingerprint density at radius 1 is 0.478 bits per heavy atom. The number of halogens is 1. The van der Waals surface area contributed by atoms with E-state index in [0.29, 0.717) is 0 Å². The predicted molar refractivity (Wildman–Crippen MR) is 116 cm³/mol. The molecule has 0 aromatic heterocycles. The number of rotatable bonds is 15. The Morgan fingerprint density at radius 3 is 1.00 bits per heavy atom. The SMILES string of the molecule is CCC[CH2][Ge]([CH2]CCC)[CH2]CCC.CCC[CH2][Ge]([Cl])[CH2]CCC. The van der Waals surface area contributed by atoms with Gasteiger partial charge in [-0.2, -0.15) is 0 Å². The minimum absolute atomic E-state index is 0.552. The second-order valence-electron chi connectivity index (χ2n) is 6.79. The first kappa shape index (κ1) is 26.6. The van der Waals surface area contributed by atoms with Crippen LogP contribution in [0.15, 0.2) is 0 Å². The van der Waals surface area contributed by atoms with Crippen molar-refractivity contribution in [1.82, 2.24) is 0 Å². The van der Waals surface area contributed by atoms with Gasteiger partial charge in [-0.25, -0.2) is 0 Å². The van der Waals surface area contributed by atoms with E-state index in [1.165, 1.54) is 74.7 Å². The monoisotopic (exact) mass is 468 g/mol. The molecule has 0 bridgehead atoms. The van der Waals surface area contributed by atoms with Gasteiger partial charge in [0.1, 0.15) is 0 Å². The van der Waals surface area contributed by atoms with Crippen molar-refractivity contribution in [2.75, 3.05) is 0 Å². The summed E-state index contributed by atoms with van der Waals surface area (Å²) in [6.07, 6.45) is 14.1. The van der Waals surface area contributed by atoms with E-state index in [-0.39, 0.29) is 0 Å². The van der Waals surface area contributed by atoms with Gasteiger partial charge in [-0.05, 0) is 0 Å². The van der Waals surface area contributed by atoms with Crippen molar-refractivity contribution in [2.45, 2.75) is 125 Å². The molecule has 0 aliphatic heterocycles. The van der Waals surface area contributed by atoms with Crippen molar-refractivity contribution in [2.24, 2.45) is 0 Å². The molecule has 23 heavy (non-hydrogen) atoms. The van der Waals surface area contributed by atoms with Gasteiger partial charge >= 0.3 is 163 Å². The molecule has 2 radical (unpaired) electrons. The van der Waals surface area contributed by atoms with Crippen LogP contribution in [0.5, 0.6) is 0 Å². The number of hydrogen-bond donors (Lipinski definition) is 0. The molecule has 0 saturated heterocycles. The molecule has 0 spiro atoms. The molecule has 0 aliphatic rings. The van der Waals surface area contributed by atoms with Gasteiger partial charge in [-0.1, -0.05) is 0 Å². The van der Waals surface area contributed by atoms with Gasteiger partial charge in [-0.15, -0.1) is 0 Å². The van der Waals surface area contributed by atoms with Crippen LogP contribution in [-0.4, -0.2) is 27.8 Å². The van der Waals surface area contributed by atoms with Gasteiger partial charge in [0.25, 0.3) is 0 Å². The van der Waals surface area contributed by atoms with E-state index in [0.717, 1.165) is 0 Å². The van der Waals surface area contributed by atoms with Crippen LogP contribution in [0.25, 0.3) is 0 Å². The molecular weight excluding hydrogens is 421 g/mol. The zero-order chi connectivity index (χ0) is 17.8. The van der Waals surface area contributed by atoms with Crippen molar-refractivity contribution in [3.05, 3.63) is 0 Å². The molecule has 140 valence electrons. The Labute approximate surface area is 162 Å². The first-order chi connectivity index (χ1) is 11.2. The van der Waals surface area contributed by atoms with Crippen LogP contribution < -0.4 is 0 Å². The fourth-order valence-corrected chi connectivity index (χ4v) is 14.5. The Bertz CT molecular complexity index is 173. The fraction of sp³-hybridized carbons (Fsp3) is 1.00. The van der Waals surface area contributed by atoms with Gasteiger partial charge in [0.15, 0.2) is 0 Å². The molecule has 0 saturated carbocycles. The van der Waals surface area contributed by atoms with Gasteiger partial charge in [0.2, 0.25) is 0 Å². The summed E-state index contributed by atoms with van der Waals surface area (Å²) < 4.78 is 0. The molecule has 0 amide bonds. The number of unbranched alkanes of at least 4 members (excludes halogenated alkanes) is 5. The summed E-state index contributed by atoms with van der Waals surface area (Å²) in [6.45, 7) is 11.5. The van der Waals surface area contributed by atoms with Crippen LogP contribution in [0.1, 0.15) is 98.8 Å². The van der Waals surface area contributed by atoms with Crippen LogP contribution in [0.4, 0.5) is 0 Å². The molecule has 0 atom stereocenters. The van der Waals surface area contributed by atoms with Gasteiger partial charge in [-0.3, -0.25) is 0 Å². The summed E-state index contributed by atoms with van der Waals surface area (Å²) in [5, 5.41) is 7.69. The summed E-state index contributed by atoms with van der Waals surface area (Å²) in [4.78, 5) is 0. The maximum atomic E-state index is 6.21.